The summed E-state index contributed by atoms with van der Waals surface area (Å²) in [6, 6.07) is 13.4. The van der Waals surface area contributed by atoms with Gasteiger partial charge in [-0.05, 0) is 36.1 Å². The van der Waals surface area contributed by atoms with Gasteiger partial charge in [0.1, 0.15) is 5.82 Å². The number of hydrazine groups is 1. The van der Waals surface area contributed by atoms with Crippen molar-refractivity contribution in [3.8, 4) is 11.1 Å². The molecule has 26 heavy (non-hydrogen) atoms. The van der Waals surface area contributed by atoms with Gasteiger partial charge in [-0.3, -0.25) is 10.2 Å². The summed E-state index contributed by atoms with van der Waals surface area (Å²) in [7, 11) is -3.67. The molecule has 0 heterocycles. The molecule has 0 spiro atoms. The molecular formula is C19H21FN2O3S. The normalized spacial score (nSPS) is 15.6. The van der Waals surface area contributed by atoms with Crippen molar-refractivity contribution in [3.05, 3.63) is 59.9 Å². The Balaban J connectivity index is 1.73. The topological polar surface area (TPSA) is 75.3 Å². The Bertz CT molecular complexity index is 879. The minimum Gasteiger partial charge on any atom is -0.274 e. The first kappa shape index (κ1) is 18.5. The highest BCUT2D eigenvalue weighted by Crippen LogP contribution is 2.23. The van der Waals surface area contributed by atoms with Crippen LogP contribution in [0.15, 0.2) is 48.5 Å². The predicted octanol–water partition coefficient (Wildman–Crippen LogP) is 3.39. The summed E-state index contributed by atoms with van der Waals surface area (Å²) in [5.41, 5.74) is 3.44. The van der Waals surface area contributed by atoms with Crippen LogP contribution < -0.4 is 10.3 Å². The summed E-state index contributed by atoms with van der Waals surface area (Å²) in [6.07, 6.45) is 3.88. The smallest absolute Gasteiger partial charge is 0.269 e. The highest BCUT2D eigenvalue weighted by Gasteiger charge is 2.27. The van der Waals surface area contributed by atoms with E-state index in [-0.39, 0.29) is 5.56 Å². The number of rotatable bonds is 5. The van der Waals surface area contributed by atoms with E-state index in [2.05, 4.69) is 10.3 Å². The van der Waals surface area contributed by atoms with Crippen molar-refractivity contribution in [2.24, 2.45) is 0 Å². The standard InChI is InChI=1S/C19H21FN2O3S/c20-18-12-11-15(14-7-3-1-4-8-14)13-17(18)19(23)21-22-26(24,25)16-9-5-2-6-10-16/h1,3-4,7-8,11-13,16,22H,2,5-6,9-10H2,(H,21,23). The molecule has 7 heteroatoms. The van der Waals surface area contributed by atoms with E-state index in [0.29, 0.717) is 18.4 Å². The van der Waals surface area contributed by atoms with Crippen molar-refractivity contribution < 1.29 is 17.6 Å². The third kappa shape index (κ3) is 4.28. The number of benzene rings is 2. The summed E-state index contributed by atoms with van der Waals surface area (Å²) < 4.78 is 38.6. The molecule has 138 valence electrons. The van der Waals surface area contributed by atoms with Crippen LogP contribution in [0.5, 0.6) is 0 Å². The van der Waals surface area contributed by atoms with E-state index >= 15 is 0 Å². The van der Waals surface area contributed by atoms with Crippen molar-refractivity contribution >= 4 is 15.9 Å². The third-order valence-electron chi connectivity index (χ3n) is 4.62. The molecule has 1 aliphatic rings. The van der Waals surface area contributed by atoms with Crippen LogP contribution in [-0.2, 0) is 10.0 Å². The van der Waals surface area contributed by atoms with E-state index in [9.17, 15) is 17.6 Å². The van der Waals surface area contributed by atoms with Crippen molar-refractivity contribution in [3.63, 3.8) is 0 Å². The maximum absolute atomic E-state index is 14.1. The van der Waals surface area contributed by atoms with Gasteiger partial charge < -0.3 is 0 Å². The van der Waals surface area contributed by atoms with Crippen molar-refractivity contribution in [1.29, 1.82) is 0 Å². The Morgan fingerprint density at radius 1 is 0.962 bits per heavy atom. The number of carbonyl (C=O) groups excluding carboxylic acids is 1. The number of nitrogens with one attached hydrogen (secondary N) is 2. The summed E-state index contributed by atoms with van der Waals surface area (Å²) in [4.78, 5) is 14.4. The maximum atomic E-state index is 14.1. The lowest BCUT2D eigenvalue weighted by Gasteiger charge is -2.22. The maximum Gasteiger partial charge on any atom is 0.269 e. The Morgan fingerprint density at radius 2 is 1.65 bits per heavy atom. The molecule has 3 rings (SSSR count). The van der Waals surface area contributed by atoms with Crippen LogP contribution in [0.1, 0.15) is 42.5 Å². The second-order valence-electron chi connectivity index (χ2n) is 6.42. The average Bonchev–Trinajstić information content (AvgIpc) is 2.68. The first-order valence-electron chi connectivity index (χ1n) is 8.63. The number of carbonyl (C=O) groups is 1. The number of hydrogen-bond donors (Lipinski definition) is 2. The van der Waals surface area contributed by atoms with E-state index in [4.69, 9.17) is 0 Å². The van der Waals surface area contributed by atoms with Crippen LogP contribution in [0.4, 0.5) is 4.39 Å². The number of hydrogen-bond acceptors (Lipinski definition) is 3. The van der Waals surface area contributed by atoms with Crippen molar-refractivity contribution in [1.82, 2.24) is 10.3 Å². The van der Waals surface area contributed by atoms with Crippen LogP contribution in [0.25, 0.3) is 11.1 Å². The second kappa shape index (κ2) is 7.97. The molecular weight excluding hydrogens is 355 g/mol. The van der Waals surface area contributed by atoms with Crippen LogP contribution in [-0.4, -0.2) is 19.6 Å². The highest BCUT2D eigenvalue weighted by molar-refractivity contribution is 7.90. The molecule has 1 aliphatic carbocycles. The molecule has 0 unspecified atom stereocenters. The quantitative estimate of drug-likeness (QED) is 0.786. The first-order chi connectivity index (χ1) is 12.5. The van der Waals surface area contributed by atoms with Crippen molar-refractivity contribution in [2.75, 3.05) is 0 Å². The molecule has 2 aromatic carbocycles. The zero-order chi connectivity index (χ0) is 18.6. The SMILES string of the molecule is O=C(NNS(=O)(=O)C1CCCCC1)c1cc(-c2ccccc2)ccc1F. The number of sulfonamides is 1. The molecule has 0 aliphatic heterocycles. The molecule has 1 amide bonds. The van der Waals surface area contributed by atoms with Gasteiger partial charge in [0.25, 0.3) is 5.91 Å². The molecule has 0 atom stereocenters. The molecule has 0 radical (unpaired) electrons. The van der Waals surface area contributed by atoms with E-state index in [0.717, 1.165) is 24.8 Å². The molecule has 1 fully saturated rings. The zero-order valence-corrected chi connectivity index (χ0v) is 15.1. The lowest BCUT2D eigenvalue weighted by Crippen LogP contribution is -2.46. The summed E-state index contributed by atoms with van der Waals surface area (Å²) in [5.74, 6) is -1.53. The Labute approximate surface area is 152 Å². The van der Waals surface area contributed by atoms with E-state index < -0.39 is 27.0 Å². The second-order valence-corrected chi connectivity index (χ2v) is 8.38. The fraction of sp³-hybridized carbons (Fsp3) is 0.316. The molecule has 2 N–H and O–H groups in total. The average molecular weight is 376 g/mol. The van der Waals surface area contributed by atoms with Gasteiger partial charge in [0.05, 0.1) is 10.8 Å². The Hall–Kier alpha value is -2.25. The molecule has 2 aromatic rings. The molecule has 0 aromatic heterocycles. The number of amides is 1. The van der Waals surface area contributed by atoms with Gasteiger partial charge in [-0.25, -0.2) is 12.8 Å². The fourth-order valence-electron chi connectivity index (χ4n) is 3.15. The van der Waals surface area contributed by atoms with Gasteiger partial charge in [0, 0.05) is 0 Å². The molecule has 5 nitrogen and oxygen atoms in total. The van der Waals surface area contributed by atoms with Gasteiger partial charge in [0.2, 0.25) is 10.0 Å². The molecule has 1 saturated carbocycles. The zero-order valence-electron chi connectivity index (χ0n) is 14.2. The van der Waals surface area contributed by atoms with E-state index in [1.165, 1.54) is 12.1 Å². The van der Waals surface area contributed by atoms with E-state index in [1.807, 2.05) is 30.3 Å². The highest BCUT2D eigenvalue weighted by atomic mass is 32.2. The van der Waals surface area contributed by atoms with Gasteiger partial charge in [-0.2, -0.15) is 0 Å². The van der Waals surface area contributed by atoms with Gasteiger partial charge >= 0.3 is 0 Å². The summed E-state index contributed by atoms with van der Waals surface area (Å²) in [6.45, 7) is 0. The van der Waals surface area contributed by atoms with Gasteiger partial charge in [0.15, 0.2) is 0 Å². The summed E-state index contributed by atoms with van der Waals surface area (Å²) in [5, 5.41) is -0.517. The fourth-order valence-corrected chi connectivity index (χ4v) is 4.51. The Kier molecular flexibility index (Phi) is 5.68. The summed E-state index contributed by atoms with van der Waals surface area (Å²) >= 11 is 0. The minimum atomic E-state index is -3.67. The molecule has 0 bridgehead atoms. The van der Waals surface area contributed by atoms with Crippen LogP contribution in [0, 0.1) is 5.82 Å². The predicted molar refractivity (Wildman–Crippen MR) is 98.2 cm³/mol. The van der Waals surface area contributed by atoms with Gasteiger partial charge in [-0.15, -0.1) is 4.83 Å². The number of halogens is 1. The minimum absolute atomic E-state index is 0.210. The first-order valence-corrected chi connectivity index (χ1v) is 10.2. The monoisotopic (exact) mass is 376 g/mol. The van der Waals surface area contributed by atoms with Crippen LogP contribution in [0.3, 0.4) is 0 Å². The molecule has 0 saturated heterocycles. The lowest BCUT2D eigenvalue weighted by atomic mass is 10.0. The lowest BCUT2D eigenvalue weighted by molar-refractivity contribution is 0.0941. The third-order valence-corrected chi connectivity index (χ3v) is 6.35. The van der Waals surface area contributed by atoms with E-state index in [1.54, 1.807) is 6.07 Å². The Morgan fingerprint density at radius 3 is 2.35 bits per heavy atom. The van der Waals surface area contributed by atoms with Crippen LogP contribution >= 0.6 is 0 Å². The van der Waals surface area contributed by atoms with Crippen LogP contribution in [0.2, 0.25) is 0 Å². The largest absolute Gasteiger partial charge is 0.274 e. The van der Waals surface area contributed by atoms with Crippen molar-refractivity contribution in [2.45, 2.75) is 37.4 Å². The van der Waals surface area contributed by atoms with Gasteiger partial charge in [-0.1, -0.05) is 55.7 Å².